The Morgan fingerprint density at radius 1 is 1.29 bits per heavy atom. The van der Waals surface area contributed by atoms with Crippen molar-refractivity contribution < 1.29 is 14.3 Å². The van der Waals surface area contributed by atoms with E-state index in [-0.39, 0.29) is 29.5 Å². The molecular formula is C16H28N2O3. The number of amides is 2. The second-order valence-electron chi connectivity index (χ2n) is 6.29. The lowest BCUT2D eigenvalue weighted by Crippen LogP contribution is -2.66. The molecule has 0 spiro atoms. The van der Waals surface area contributed by atoms with Gasteiger partial charge in [-0.15, -0.1) is 0 Å². The lowest BCUT2D eigenvalue weighted by molar-refractivity contribution is -0.161. The van der Waals surface area contributed by atoms with E-state index in [1.807, 2.05) is 11.8 Å². The highest BCUT2D eigenvalue weighted by atomic mass is 16.5. The second-order valence-corrected chi connectivity index (χ2v) is 6.29. The van der Waals surface area contributed by atoms with Crippen molar-refractivity contribution in [2.45, 2.75) is 83.5 Å². The first kappa shape index (κ1) is 16.3. The molecule has 0 radical (unpaired) electrons. The molecule has 1 N–H and O–H groups in total. The smallest absolute Gasteiger partial charge is 0.245 e. The summed E-state index contributed by atoms with van der Waals surface area (Å²) >= 11 is 0. The monoisotopic (exact) mass is 296 g/mol. The molecule has 0 saturated carbocycles. The minimum absolute atomic E-state index is 0.0188. The molecule has 5 nitrogen and oxygen atoms in total. The van der Waals surface area contributed by atoms with Crippen molar-refractivity contribution in [3.8, 4) is 0 Å². The summed E-state index contributed by atoms with van der Waals surface area (Å²) in [5.41, 5.74) is -0.140. The van der Waals surface area contributed by atoms with Crippen molar-refractivity contribution in [3.05, 3.63) is 0 Å². The molecule has 21 heavy (non-hydrogen) atoms. The highest BCUT2D eigenvalue weighted by molar-refractivity contribution is 5.96. The largest absolute Gasteiger partial charge is 0.375 e. The van der Waals surface area contributed by atoms with Crippen LogP contribution in [0.4, 0.5) is 0 Å². The lowest BCUT2D eigenvalue weighted by atomic mass is 9.84. The van der Waals surface area contributed by atoms with E-state index in [1.54, 1.807) is 6.92 Å². The van der Waals surface area contributed by atoms with Gasteiger partial charge in [0.15, 0.2) is 0 Å². The number of piperazine rings is 1. The molecule has 2 saturated heterocycles. The molecule has 0 aliphatic carbocycles. The van der Waals surface area contributed by atoms with Crippen LogP contribution in [0, 0.1) is 0 Å². The Morgan fingerprint density at radius 3 is 2.52 bits per heavy atom. The van der Waals surface area contributed by atoms with Gasteiger partial charge in [-0.3, -0.25) is 9.59 Å². The fourth-order valence-electron chi connectivity index (χ4n) is 3.67. The molecule has 3 atom stereocenters. The third kappa shape index (κ3) is 2.93. The Balaban J connectivity index is 2.24. The van der Waals surface area contributed by atoms with Gasteiger partial charge in [-0.25, -0.2) is 0 Å². The number of ether oxygens (including phenoxy) is 1. The number of nitrogens with one attached hydrogen (secondary N) is 1. The van der Waals surface area contributed by atoms with E-state index in [4.69, 9.17) is 4.74 Å². The van der Waals surface area contributed by atoms with E-state index in [0.717, 1.165) is 25.7 Å². The molecule has 120 valence electrons. The molecule has 0 aromatic rings. The third-order valence-corrected chi connectivity index (χ3v) is 5.16. The van der Waals surface area contributed by atoms with Gasteiger partial charge in [0.25, 0.3) is 0 Å². The maximum atomic E-state index is 12.6. The summed E-state index contributed by atoms with van der Waals surface area (Å²) < 4.78 is 6.00. The van der Waals surface area contributed by atoms with Gasteiger partial charge < -0.3 is 15.0 Å². The molecule has 2 aliphatic heterocycles. The van der Waals surface area contributed by atoms with Gasteiger partial charge in [-0.2, -0.15) is 0 Å². The topological polar surface area (TPSA) is 58.6 Å². The Kier molecular flexibility index (Phi) is 4.91. The van der Waals surface area contributed by atoms with Gasteiger partial charge in [0.2, 0.25) is 11.8 Å². The van der Waals surface area contributed by atoms with Gasteiger partial charge in [-0.05, 0) is 39.0 Å². The molecule has 3 unspecified atom stereocenters. The first-order chi connectivity index (χ1) is 9.98. The van der Waals surface area contributed by atoms with Crippen molar-refractivity contribution in [2.24, 2.45) is 0 Å². The minimum Gasteiger partial charge on any atom is -0.375 e. The zero-order valence-electron chi connectivity index (χ0n) is 13.6. The van der Waals surface area contributed by atoms with Gasteiger partial charge >= 0.3 is 0 Å². The number of hydrogen-bond donors (Lipinski definition) is 1. The number of nitrogens with zero attached hydrogens (tertiary/aromatic N) is 1. The molecule has 2 rings (SSSR count). The second kappa shape index (κ2) is 6.34. The van der Waals surface area contributed by atoms with Crippen molar-refractivity contribution in [1.29, 1.82) is 0 Å². The SMILES string of the molecule is CCC1C(=O)NC(C)C(=O)N1C1CCOC(CC)(CC)C1. The first-order valence-corrected chi connectivity index (χ1v) is 8.24. The fourth-order valence-corrected chi connectivity index (χ4v) is 3.67. The van der Waals surface area contributed by atoms with Crippen LogP contribution in [0.25, 0.3) is 0 Å². The van der Waals surface area contributed by atoms with E-state index in [0.29, 0.717) is 13.0 Å². The molecule has 5 heteroatoms. The van der Waals surface area contributed by atoms with Crippen molar-refractivity contribution >= 4 is 11.8 Å². The van der Waals surface area contributed by atoms with E-state index in [2.05, 4.69) is 19.2 Å². The lowest BCUT2D eigenvalue weighted by Gasteiger charge is -2.48. The number of carbonyl (C=O) groups excluding carboxylic acids is 2. The van der Waals surface area contributed by atoms with Gasteiger partial charge in [-0.1, -0.05) is 20.8 Å². The van der Waals surface area contributed by atoms with Crippen LogP contribution in [-0.2, 0) is 14.3 Å². The van der Waals surface area contributed by atoms with Crippen molar-refractivity contribution in [3.63, 3.8) is 0 Å². The summed E-state index contributed by atoms with van der Waals surface area (Å²) in [7, 11) is 0. The Morgan fingerprint density at radius 2 is 1.95 bits per heavy atom. The number of carbonyl (C=O) groups is 2. The Labute approximate surface area is 127 Å². The quantitative estimate of drug-likeness (QED) is 0.861. The summed E-state index contributed by atoms with van der Waals surface area (Å²) in [6.07, 6.45) is 4.21. The van der Waals surface area contributed by atoms with Gasteiger partial charge in [0.05, 0.1) is 5.60 Å². The first-order valence-electron chi connectivity index (χ1n) is 8.24. The highest BCUT2D eigenvalue weighted by Gasteiger charge is 2.45. The zero-order chi connectivity index (χ0) is 15.6. The van der Waals surface area contributed by atoms with Gasteiger partial charge in [0.1, 0.15) is 12.1 Å². The predicted octanol–water partition coefficient (Wildman–Crippen LogP) is 1.85. The maximum Gasteiger partial charge on any atom is 0.245 e. The molecule has 2 heterocycles. The van der Waals surface area contributed by atoms with E-state index in [9.17, 15) is 9.59 Å². The summed E-state index contributed by atoms with van der Waals surface area (Å²) in [5, 5.41) is 2.79. The number of rotatable bonds is 4. The normalized spacial score (nSPS) is 33.0. The summed E-state index contributed by atoms with van der Waals surface area (Å²) in [6.45, 7) is 8.67. The molecule has 2 aliphatic rings. The molecule has 0 bridgehead atoms. The molecule has 0 aromatic heterocycles. The minimum atomic E-state index is -0.416. The highest BCUT2D eigenvalue weighted by Crippen LogP contribution is 2.35. The van der Waals surface area contributed by atoms with Crippen LogP contribution in [0.5, 0.6) is 0 Å². The Bertz CT molecular complexity index is 406. The van der Waals surface area contributed by atoms with E-state index < -0.39 is 6.04 Å². The predicted molar refractivity (Wildman–Crippen MR) is 80.8 cm³/mol. The van der Waals surface area contributed by atoms with Crippen LogP contribution >= 0.6 is 0 Å². The maximum absolute atomic E-state index is 12.6. The molecular weight excluding hydrogens is 268 g/mol. The average Bonchev–Trinajstić information content (AvgIpc) is 2.50. The molecule has 2 amide bonds. The Hall–Kier alpha value is -1.10. The summed E-state index contributed by atoms with van der Waals surface area (Å²) in [6, 6.07) is -0.631. The van der Waals surface area contributed by atoms with Gasteiger partial charge in [0, 0.05) is 12.6 Å². The van der Waals surface area contributed by atoms with E-state index in [1.165, 1.54) is 0 Å². The van der Waals surface area contributed by atoms with Crippen molar-refractivity contribution in [1.82, 2.24) is 10.2 Å². The van der Waals surface area contributed by atoms with Crippen LogP contribution in [0.2, 0.25) is 0 Å². The molecule has 2 fully saturated rings. The summed E-state index contributed by atoms with van der Waals surface area (Å²) in [5.74, 6) is 0.0316. The average molecular weight is 296 g/mol. The van der Waals surface area contributed by atoms with Crippen LogP contribution in [0.1, 0.15) is 59.8 Å². The van der Waals surface area contributed by atoms with Crippen molar-refractivity contribution in [2.75, 3.05) is 6.61 Å². The summed E-state index contributed by atoms with van der Waals surface area (Å²) in [4.78, 5) is 26.6. The van der Waals surface area contributed by atoms with Crippen LogP contribution < -0.4 is 5.32 Å². The fraction of sp³-hybridized carbons (Fsp3) is 0.875. The van der Waals surface area contributed by atoms with E-state index >= 15 is 0 Å². The van der Waals surface area contributed by atoms with Crippen LogP contribution in [0.15, 0.2) is 0 Å². The zero-order valence-corrected chi connectivity index (χ0v) is 13.6. The van der Waals surface area contributed by atoms with Crippen LogP contribution in [0.3, 0.4) is 0 Å². The molecule has 0 aromatic carbocycles. The third-order valence-electron chi connectivity index (χ3n) is 5.16. The van der Waals surface area contributed by atoms with Crippen LogP contribution in [-0.4, -0.2) is 47.0 Å². The standard InChI is InChI=1S/C16H28N2O3/c1-5-13-14(19)17-11(4)15(20)18(13)12-8-9-21-16(6-2,7-3)10-12/h11-13H,5-10H2,1-4H3,(H,17,19). The number of hydrogen-bond acceptors (Lipinski definition) is 3.